The molecule has 0 fully saturated rings. The second-order valence-electron chi connectivity index (χ2n) is 4.39. The van der Waals surface area contributed by atoms with Crippen LogP contribution in [-0.2, 0) is 4.79 Å². The minimum absolute atomic E-state index is 0.235. The lowest BCUT2D eigenvalue weighted by Crippen LogP contribution is -2.39. The van der Waals surface area contributed by atoms with Crippen molar-refractivity contribution in [3.63, 3.8) is 0 Å². The van der Waals surface area contributed by atoms with Gasteiger partial charge in [-0.1, -0.05) is 24.8 Å². The van der Waals surface area contributed by atoms with Crippen molar-refractivity contribution >= 4 is 17.5 Å². The van der Waals surface area contributed by atoms with Crippen LogP contribution in [-0.4, -0.2) is 18.4 Å². The van der Waals surface area contributed by atoms with Crippen LogP contribution in [0.4, 0.5) is 5.69 Å². The monoisotopic (exact) mass is 267 g/mol. The van der Waals surface area contributed by atoms with E-state index in [1.54, 1.807) is 30.3 Å². The Morgan fingerprint density at radius 1 is 1.35 bits per heavy atom. The molecule has 0 bridgehead atoms. The summed E-state index contributed by atoms with van der Waals surface area (Å²) in [4.78, 5) is 25.9. The largest absolute Gasteiger partial charge is 0.366 e. The fourth-order valence-electron chi connectivity index (χ4n) is 2.30. The van der Waals surface area contributed by atoms with Gasteiger partial charge in [-0.25, -0.2) is 0 Å². The van der Waals surface area contributed by atoms with Gasteiger partial charge in [0.15, 0.2) is 0 Å². The first kappa shape index (κ1) is 12.2. The van der Waals surface area contributed by atoms with Crippen molar-refractivity contribution < 1.29 is 9.59 Å². The van der Waals surface area contributed by atoms with Gasteiger partial charge in [0.1, 0.15) is 5.82 Å². The highest BCUT2D eigenvalue weighted by Crippen LogP contribution is 2.28. The van der Waals surface area contributed by atoms with Crippen LogP contribution < -0.4 is 15.5 Å². The first-order valence-electron chi connectivity index (χ1n) is 6.24. The second kappa shape index (κ2) is 4.70. The highest BCUT2D eigenvalue weighted by Gasteiger charge is 2.29. The molecule has 0 aliphatic carbocycles. The van der Waals surface area contributed by atoms with E-state index in [-0.39, 0.29) is 11.8 Å². The number of hydrogen-bond donors (Lipinski definition) is 2. The minimum Gasteiger partial charge on any atom is -0.366 e. The lowest BCUT2D eigenvalue weighted by atomic mass is 10.1. The van der Waals surface area contributed by atoms with Gasteiger partial charge in [0, 0.05) is 6.54 Å². The van der Waals surface area contributed by atoms with E-state index in [2.05, 4.69) is 17.2 Å². The molecule has 0 aromatic heterocycles. The Bertz CT molecular complexity index is 673. The molecule has 2 N–H and O–H groups in total. The van der Waals surface area contributed by atoms with Crippen LogP contribution in [0.15, 0.2) is 60.6 Å². The van der Waals surface area contributed by atoms with E-state index < -0.39 is 0 Å². The van der Waals surface area contributed by atoms with Gasteiger partial charge in [0.2, 0.25) is 0 Å². The number of allylic oxidation sites excluding steroid dienone is 1. The zero-order valence-corrected chi connectivity index (χ0v) is 10.7. The number of carbonyl (C=O) groups is 2. The molecule has 2 aliphatic rings. The lowest BCUT2D eigenvalue weighted by molar-refractivity contribution is -0.113. The highest BCUT2D eigenvalue weighted by atomic mass is 16.2. The van der Waals surface area contributed by atoms with Gasteiger partial charge in [-0.2, -0.15) is 0 Å². The maximum atomic E-state index is 12.2. The van der Waals surface area contributed by atoms with Crippen LogP contribution in [0.3, 0.4) is 0 Å². The number of carbonyl (C=O) groups excluding carboxylic acids is 2. The maximum absolute atomic E-state index is 12.2. The number of amides is 2. The van der Waals surface area contributed by atoms with Crippen molar-refractivity contribution in [2.24, 2.45) is 0 Å². The summed E-state index contributed by atoms with van der Waals surface area (Å²) >= 11 is 0. The quantitative estimate of drug-likeness (QED) is 0.753. The summed E-state index contributed by atoms with van der Waals surface area (Å²) in [6.45, 7) is 4.13. The Labute approximate surface area is 116 Å². The summed E-state index contributed by atoms with van der Waals surface area (Å²) in [5.41, 5.74) is 1.57. The summed E-state index contributed by atoms with van der Waals surface area (Å²) in [6.07, 6.45) is 4.90. The molecule has 0 saturated heterocycles. The number of para-hydroxylation sites is 1. The van der Waals surface area contributed by atoms with Gasteiger partial charge in [-0.3, -0.25) is 14.5 Å². The van der Waals surface area contributed by atoms with Crippen molar-refractivity contribution in [1.29, 1.82) is 0 Å². The summed E-state index contributed by atoms with van der Waals surface area (Å²) in [6, 6.07) is 6.99. The Morgan fingerprint density at radius 2 is 2.15 bits per heavy atom. The third-order valence-electron chi connectivity index (χ3n) is 3.18. The molecule has 5 heteroatoms. The lowest BCUT2D eigenvalue weighted by Gasteiger charge is -2.27. The average molecular weight is 267 g/mol. The SMILES string of the molecule is C=CC(=O)N1C2=C(C=CCN2)NC(=O)c2ccccc21. The van der Waals surface area contributed by atoms with Crippen LogP contribution in [0.5, 0.6) is 0 Å². The molecule has 2 heterocycles. The van der Waals surface area contributed by atoms with E-state index in [1.807, 2.05) is 6.08 Å². The number of nitrogens with one attached hydrogen (secondary N) is 2. The van der Waals surface area contributed by atoms with E-state index in [0.717, 1.165) is 0 Å². The molecular formula is C15H13N3O2. The standard InChI is InChI=1S/C15H13N3O2/c1-2-13(19)18-12-8-4-3-6-10(12)15(20)17-11-7-5-9-16-14(11)18/h2-8,16H,1,9H2,(H,17,20). The van der Waals surface area contributed by atoms with Gasteiger partial charge in [-0.15, -0.1) is 0 Å². The Kier molecular flexibility index (Phi) is 2.87. The van der Waals surface area contributed by atoms with E-state index >= 15 is 0 Å². The zero-order valence-electron chi connectivity index (χ0n) is 10.7. The van der Waals surface area contributed by atoms with Crippen LogP contribution in [0.1, 0.15) is 10.4 Å². The minimum atomic E-state index is -0.288. The number of benzene rings is 1. The Balaban J connectivity index is 2.25. The summed E-state index contributed by atoms with van der Waals surface area (Å²) in [5, 5.41) is 5.93. The molecule has 20 heavy (non-hydrogen) atoms. The molecule has 0 saturated carbocycles. The molecule has 1 aromatic rings. The van der Waals surface area contributed by atoms with Gasteiger partial charge in [-0.05, 0) is 24.3 Å². The number of anilines is 1. The average Bonchev–Trinajstić information content (AvgIpc) is 2.61. The molecule has 1 aromatic carbocycles. The van der Waals surface area contributed by atoms with Crippen molar-refractivity contribution in [2.75, 3.05) is 11.4 Å². The van der Waals surface area contributed by atoms with Crippen molar-refractivity contribution in [1.82, 2.24) is 10.6 Å². The second-order valence-corrected chi connectivity index (χ2v) is 4.39. The smallest absolute Gasteiger partial charge is 0.257 e. The maximum Gasteiger partial charge on any atom is 0.257 e. The number of fused-ring (bicyclic) bond motifs is 1. The Hall–Kier alpha value is -2.82. The first-order valence-corrected chi connectivity index (χ1v) is 6.24. The molecular weight excluding hydrogens is 254 g/mol. The zero-order chi connectivity index (χ0) is 14.1. The predicted molar refractivity (Wildman–Crippen MR) is 75.8 cm³/mol. The van der Waals surface area contributed by atoms with E-state index in [9.17, 15) is 9.59 Å². The fraction of sp³-hybridized carbons (Fsp3) is 0.0667. The van der Waals surface area contributed by atoms with Gasteiger partial charge >= 0.3 is 0 Å². The van der Waals surface area contributed by atoms with Crippen LogP contribution in [0.2, 0.25) is 0 Å². The van der Waals surface area contributed by atoms with E-state index in [1.165, 1.54) is 11.0 Å². The molecule has 0 unspecified atom stereocenters. The number of nitrogens with zero attached hydrogens (tertiary/aromatic N) is 1. The fourth-order valence-corrected chi connectivity index (χ4v) is 2.30. The number of dihydropyridines is 1. The van der Waals surface area contributed by atoms with Crippen LogP contribution in [0.25, 0.3) is 0 Å². The molecule has 0 spiro atoms. The summed E-state index contributed by atoms with van der Waals surface area (Å²) < 4.78 is 0. The van der Waals surface area contributed by atoms with E-state index in [4.69, 9.17) is 0 Å². The van der Waals surface area contributed by atoms with Crippen LogP contribution >= 0.6 is 0 Å². The third-order valence-corrected chi connectivity index (χ3v) is 3.18. The summed E-state index contributed by atoms with van der Waals surface area (Å²) in [7, 11) is 0. The summed E-state index contributed by atoms with van der Waals surface area (Å²) in [5.74, 6) is 0.0424. The highest BCUT2D eigenvalue weighted by molar-refractivity contribution is 6.11. The first-order chi connectivity index (χ1) is 9.72. The van der Waals surface area contributed by atoms with Gasteiger partial charge in [0.25, 0.3) is 11.8 Å². The molecule has 0 atom stereocenters. The normalized spacial score (nSPS) is 16.6. The molecule has 2 aliphatic heterocycles. The van der Waals surface area contributed by atoms with Crippen molar-refractivity contribution in [2.45, 2.75) is 0 Å². The molecule has 0 radical (unpaired) electrons. The van der Waals surface area contributed by atoms with Crippen molar-refractivity contribution in [3.05, 3.63) is 66.2 Å². The molecule has 2 amide bonds. The van der Waals surface area contributed by atoms with Crippen LogP contribution in [0, 0.1) is 0 Å². The van der Waals surface area contributed by atoms with Gasteiger partial charge in [0.05, 0.1) is 16.9 Å². The predicted octanol–water partition coefficient (Wildman–Crippen LogP) is 1.28. The van der Waals surface area contributed by atoms with Crippen molar-refractivity contribution in [3.8, 4) is 0 Å². The molecule has 3 rings (SSSR count). The van der Waals surface area contributed by atoms with Gasteiger partial charge < -0.3 is 10.6 Å². The number of rotatable bonds is 1. The number of hydrogen-bond acceptors (Lipinski definition) is 3. The third kappa shape index (κ3) is 1.80. The molecule has 5 nitrogen and oxygen atoms in total. The Morgan fingerprint density at radius 3 is 2.95 bits per heavy atom. The van der Waals surface area contributed by atoms with E-state index in [0.29, 0.717) is 29.3 Å². The molecule has 100 valence electrons. The topological polar surface area (TPSA) is 61.4 Å².